The first-order valence-electron chi connectivity index (χ1n) is 6.09. The first-order chi connectivity index (χ1) is 10.4. The van der Waals surface area contributed by atoms with E-state index < -0.39 is 15.7 Å². The second kappa shape index (κ2) is 5.42. The molecule has 0 saturated heterocycles. The van der Waals surface area contributed by atoms with Gasteiger partial charge < -0.3 is 8.60 Å². The highest BCUT2D eigenvalue weighted by Crippen LogP contribution is 2.33. The van der Waals surface area contributed by atoms with Crippen molar-refractivity contribution in [3.8, 4) is 5.75 Å². The van der Waals surface area contributed by atoms with E-state index in [1.807, 2.05) is 0 Å². The standard InChI is InChI=1S/C14H9ClO5S2/c1-8-5-13(16)19-11-7-12(10(15)6-9(8)11)20-22(17,18)14-3-2-4-21-14/h2-7H,1H3. The summed E-state index contributed by atoms with van der Waals surface area (Å²) in [7, 11) is -3.97. The molecule has 22 heavy (non-hydrogen) atoms. The minimum absolute atomic E-state index is 0.0642. The SMILES string of the molecule is Cc1cc(=O)oc2cc(OS(=O)(=O)c3cccs3)c(Cl)cc12. The molecule has 3 rings (SSSR count). The third-order valence-corrected chi connectivity index (χ3v) is 5.83. The molecule has 5 nitrogen and oxygen atoms in total. The van der Waals surface area contributed by atoms with Crippen LogP contribution < -0.4 is 9.81 Å². The smallest absolute Gasteiger partial charge is 0.348 e. The quantitative estimate of drug-likeness (QED) is 0.529. The Hall–Kier alpha value is -1.83. The van der Waals surface area contributed by atoms with Crippen molar-refractivity contribution in [2.24, 2.45) is 0 Å². The molecule has 0 spiro atoms. The zero-order valence-electron chi connectivity index (χ0n) is 11.2. The number of hydrogen-bond acceptors (Lipinski definition) is 6. The monoisotopic (exact) mass is 356 g/mol. The van der Waals surface area contributed by atoms with Crippen molar-refractivity contribution in [3.05, 3.63) is 56.7 Å². The van der Waals surface area contributed by atoms with Crippen LogP contribution in [-0.2, 0) is 10.1 Å². The third kappa shape index (κ3) is 2.75. The van der Waals surface area contributed by atoms with Crippen molar-refractivity contribution >= 4 is 44.0 Å². The van der Waals surface area contributed by atoms with E-state index in [2.05, 4.69) is 0 Å². The van der Waals surface area contributed by atoms with Crippen LogP contribution in [0.5, 0.6) is 5.75 Å². The van der Waals surface area contributed by atoms with E-state index in [-0.39, 0.29) is 20.6 Å². The van der Waals surface area contributed by atoms with Crippen LogP contribution in [0.2, 0.25) is 5.02 Å². The zero-order chi connectivity index (χ0) is 15.9. The molecule has 0 atom stereocenters. The molecule has 0 aliphatic carbocycles. The highest BCUT2D eigenvalue weighted by atomic mass is 35.5. The maximum atomic E-state index is 12.1. The van der Waals surface area contributed by atoms with Crippen LogP contribution in [0, 0.1) is 6.92 Å². The van der Waals surface area contributed by atoms with Gasteiger partial charge in [0.25, 0.3) is 0 Å². The molecule has 2 aromatic heterocycles. The first-order valence-corrected chi connectivity index (χ1v) is 8.75. The highest BCUT2D eigenvalue weighted by molar-refractivity contribution is 7.89. The van der Waals surface area contributed by atoms with Crippen molar-refractivity contribution in [3.63, 3.8) is 0 Å². The van der Waals surface area contributed by atoms with Crippen molar-refractivity contribution in [1.82, 2.24) is 0 Å². The maximum Gasteiger partial charge on any atom is 0.348 e. The van der Waals surface area contributed by atoms with Gasteiger partial charge in [0, 0.05) is 17.5 Å². The number of rotatable bonds is 3. The fourth-order valence-electron chi connectivity index (χ4n) is 1.95. The van der Waals surface area contributed by atoms with Gasteiger partial charge in [-0.1, -0.05) is 17.7 Å². The minimum atomic E-state index is -3.97. The van der Waals surface area contributed by atoms with Gasteiger partial charge in [-0.15, -0.1) is 11.3 Å². The Bertz CT molecular complexity index is 1000. The lowest BCUT2D eigenvalue weighted by molar-refractivity contribution is 0.487. The normalized spacial score (nSPS) is 11.7. The van der Waals surface area contributed by atoms with Gasteiger partial charge in [-0.25, -0.2) is 4.79 Å². The Morgan fingerprint density at radius 3 is 2.73 bits per heavy atom. The van der Waals surface area contributed by atoms with Gasteiger partial charge in [-0.2, -0.15) is 8.42 Å². The lowest BCUT2D eigenvalue weighted by Gasteiger charge is -2.08. The number of aryl methyl sites for hydroxylation is 1. The molecule has 0 radical (unpaired) electrons. The zero-order valence-corrected chi connectivity index (χ0v) is 13.6. The summed E-state index contributed by atoms with van der Waals surface area (Å²) in [5, 5.41) is 2.36. The van der Waals surface area contributed by atoms with Crippen molar-refractivity contribution in [1.29, 1.82) is 0 Å². The predicted molar refractivity (Wildman–Crippen MR) is 84.4 cm³/mol. The molecule has 0 aliphatic heterocycles. The average Bonchev–Trinajstić information content (AvgIpc) is 2.95. The van der Waals surface area contributed by atoms with E-state index in [1.165, 1.54) is 24.3 Å². The molecule has 0 N–H and O–H groups in total. The fourth-order valence-corrected chi connectivity index (χ4v) is 4.09. The molecular formula is C14H9ClO5S2. The van der Waals surface area contributed by atoms with Gasteiger partial charge in [0.15, 0.2) is 9.96 Å². The van der Waals surface area contributed by atoms with E-state index in [4.69, 9.17) is 20.2 Å². The summed E-state index contributed by atoms with van der Waals surface area (Å²) in [6, 6.07) is 7.18. The summed E-state index contributed by atoms with van der Waals surface area (Å²) in [5.74, 6) is -0.0867. The second-order valence-corrected chi connectivity index (χ2v) is 7.62. The Labute approximate surface area is 134 Å². The van der Waals surface area contributed by atoms with Crippen molar-refractivity contribution < 1.29 is 17.0 Å². The molecule has 8 heteroatoms. The van der Waals surface area contributed by atoms with Crippen LogP contribution >= 0.6 is 22.9 Å². The summed E-state index contributed by atoms with van der Waals surface area (Å²) in [5.41, 5.74) is 0.367. The number of fused-ring (bicyclic) bond motifs is 1. The lowest BCUT2D eigenvalue weighted by atomic mass is 10.1. The molecule has 2 heterocycles. The fraction of sp³-hybridized carbons (Fsp3) is 0.0714. The van der Waals surface area contributed by atoms with E-state index in [0.29, 0.717) is 10.9 Å². The van der Waals surface area contributed by atoms with E-state index in [1.54, 1.807) is 18.4 Å². The Balaban J connectivity index is 2.12. The number of halogens is 1. The van der Waals surface area contributed by atoms with E-state index in [9.17, 15) is 13.2 Å². The largest absolute Gasteiger partial charge is 0.423 e. The molecular weight excluding hydrogens is 348 g/mol. The predicted octanol–water partition coefficient (Wildman–Crippen LogP) is 3.58. The average molecular weight is 357 g/mol. The summed E-state index contributed by atoms with van der Waals surface area (Å²) >= 11 is 7.11. The summed E-state index contributed by atoms with van der Waals surface area (Å²) in [4.78, 5) is 11.4. The van der Waals surface area contributed by atoms with Crippen molar-refractivity contribution in [2.45, 2.75) is 11.1 Å². The van der Waals surface area contributed by atoms with E-state index >= 15 is 0 Å². The second-order valence-electron chi connectivity index (χ2n) is 4.50. The molecule has 0 aliphatic rings. The summed E-state index contributed by atoms with van der Waals surface area (Å²) < 4.78 is 34.4. The topological polar surface area (TPSA) is 73.6 Å². The first kappa shape index (κ1) is 15.1. The molecule has 1 aromatic carbocycles. The van der Waals surface area contributed by atoms with Crippen LogP contribution in [0.25, 0.3) is 11.0 Å². The number of hydrogen-bond donors (Lipinski definition) is 0. The van der Waals surface area contributed by atoms with Gasteiger partial charge in [-0.3, -0.25) is 0 Å². The number of benzene rings is 1. The molecule has 0 saturated carbocycles. The van der Waals surface area contributed by atoms with Crippen LogP contribution in [0.1, 0.15) is 5.56 Å². The van der Waals surface area contributed by atoms with E-state index in [0.717, 1.165) is 11.3 Å². The van der Waals surface area contributed by atoms with Gasteiger partial charge in [0.2, 0.25) is 0 Å². The molecule has 0 fully saturated rings. The highest BCUT2D eigenvalue weighted by Gasteiger charge is 2.20. The lowest BCUT2D eigenvalue weighted by Crippen LogP contribution is -2.08. The minimum Gasteiger partial charge on any atom is -0.423 e. The summed E-state index contributed by atoms with van der Waals surface area (Å²) in [6.07, 6.45) is 0. The van der Waals surface area contributed by atoms with Crippen molar-refractivity contribution in [2.75, 3.05) is 0 Å². The Kier molecular flexibility index (Phi) is 3.72. The molecule has 0 amide bonds. The third-order valence-electron chi connectivity index (χ3n) is 2.94. The summed E-state index contributed by atoms with van der Waals surface area (Å²) in [6.45, 7) is 1.73. The number of thiophene rings is 1. The van der Waals surface area contributed by atoms with Crippen LogP contribution in [0.15, 0.2) is 49.1 Å². The molecule has 0 unspecified atom stereocenters. The Morgan fingerprint density at radius 1 is 1.27 bits per heavy atom. The molecule has 3 aromatic rings. The van der Waals surface area contributed by atoms with Gasteiger partial charge in [0.05, 0.1) is 5.02 Å². The van der Waals surface area contributed by atoms with Gasteiger partial charge >= 0.3 is 15.7 Å². The van der Waals surface area contributed by atoms with Crippen LogP contribution in [-0.4, -0.2) is 8.42 Å². The van der Waals surface area contributed by atoms with Gasteiger partial charge in [0.1, 0.15) is 5.58 Å². The molecule has 0 bridgehead atoms. The van der Waals surface area contributed by atoms with Crippen LogP contribution in [0.3, 0.4) is 0 Å². The van der Waals surface area contributed by atoms with Gasteiger partial charge in [-0.05, 0) is 30.0 Å². The Morgan fingerprint density at radius 2 is 2.05 bits per heavy atom. The van der Waals surface area contributed by atoms with Crippen LogP contribution in [0.4, 0.5) is 0 Å². The molecule has 114 valence electrons. The maximum absolute atomic E-state index is 12.1.